The number of morpholine rings is 1. The molecule has 23 heavy (non-hydrogen) atoms. The molecule has 3 atom stereocenters. The Morgan fingerprint density at radius 2 is 2.17 bits per heavy atom. The van der Waals surface area contributed by atoms with E-state index in [4.69, 9.17) is 9.84 Å². The Bertz CT molecular complexity index is 584. The van der Waals surface area contributed by atoms with Crippen LogP contribution in [-0.4, -0.2) is 60.4 Å². The number of ether oxygens (including phenoxy) is 1. The van der Waals surface area contributed by atoms with Gasteiger partial charge in [-0.2, -0.15) is 0 Å². The fourth-order valence-corrected chi connectivity index (χ4v) is 3.27. The average molecular weight is 326 g/mol. The normalized spacial score (nSPS) is 27.7. The van der Waals surface area contributed by atoms with Gasteiger partial charge in [0.2, 0.25) is 0 Å². The summed E-state index contributed by atoms with van der Waals surface area (Å²) in [7, 11) is 0. The zero-order valence-electron chi connectivity index (χ0n) is 12.7. The van der Waals surface area contributed by atoms with E-state index in [0.717, 1.165) is 25.1 Å². The topological polar surface area (TPSA) is 61.8 Å². The fourth-order valence-electron chi connectivity index (χ4n) is 3.27. The van der Waals surface area contributed by atoms with Crippen LogP contribution >= 0.6 is 0 Å². The Morgan fingerprint density at radius 3 is 2.91 bits per heavy atom. The van der Waals surface area contributed by atoms with Gasteiger partial charge in [0, 0.05) is 37.3 Å². The quantitative estimate of drug-likeness (QED) is 0.864. The van der Waals surface area contributed by atoms with E-state index in [-0.39, 0.29) is 30.4 Å². The van der Waals surface area contributed by atoms with Gasteiger partial charge < -0.3 is 15.2 Å². The van der Waals surface area contributed by atoms with E-state index in [2.05, 4.69) is 10.2 Å². The number of aliphatic hydroxyl groups excluding tert-OH is 1. The Hall–Kier alpha value is -1.57. The number of fused-ring (bicyclic) bond motifs is 1. The molecular formula is C16H20F2N2O3. The van der Waals surface area contributed by atoms with Crippen molar-refractivity contribution in [3.63, 3.8) is 0 Å². The van der Waals surface area contributed by atoms with Gasteiger partial charge in [-0.05, 0) is 31.0 Å². The molecule has 0 unspecified atom stereocenters. The Labute approximate surface area is 133 Å². The van der Waals surface area contributed by atoms with Crippen molar-refractivity contribution < 1.29 is 23.4 Å². The molecule has 0 aromatic heterocycles. The molecule has 2 heterocycles. The highest BCUT2D eigenvalue weighted by Crippen LogP contribution is 2.24. The summed E-state index contributed by atoms with van der Waals surface area (Å²) in [6.07, 6.45) is 1.40. The number of carbonyl (C=O) groups is 1. The highest BCUT2D eigenvalue weighted by Gasteiger charge is 2.37. The maximum atomic E-state index is 13.2. The minimum Gasteiger partial charge on any atom is -0.396 e. The molecule has 5 nitrogen and oxygen atoms in total. The molecule has 2 fully saturated rings. The van der Waals surface area contributed by atoms with Gasteiger partial charge in [-0.3, -0.25) is 9.69 Å². The number of hydrogen-bond acceptors (Lipinski definition) is 4. The van der Waals surface area contributed by atoms with Crippen molar-refractivity contribution in [1.29, 1.82) is 0 Å². The molecule has 0 spiro atoms. The van der Waals surface area contributed by atoms with E-state index in [9.17, 15) is 13.6 Å². The van der Waals surface area contributed by atoms with Gasteiger partial charge in [0.25, 0.3) is 5.91 Å². The van der Waals surface area contributed by atoms with Crippen LogP contribution in [0, 0.1) is 11.6 Å². The summed E-state index contributed by atoms with van der Waals surface area (Å²) in [5.74, 6) is -2.39. The lowest BCUT2D eigenvalue weighted by Crippen LogP contribution is -2.46. The van der Waals surface area contributed by atoms with Crippen LogP contribution in [0.2, 0.25) is 0 Å². The first-order valence-corrected chi connectivity index (χ1v) is 7.79. The first-order valence-electron chi connectivity index (χ1n) is 7.79. The summed E-state index contributed by atoms with van der Waals surface area (Å²) in [5, 5.41) is 11.9. The number of benzene rings is 1. The summed E-state index contributed by atoms with van der Waals surface area (Å²) < 4.78 is 31.8. The lowest BCUT2D eigenvalue weighted by molar-refractivity contribution is -0.0566. The molecule has 2 aliphatic rings. The zero-order valence-corrected chi connectivity index (χ0v) is 12.7. The highest BCUT2D eigenvalue weighted by atomic mass is 19.2. The van der Waals surface area contributed by atoms with Crippen molar-refractivity contribution in [2.24, 2.45) is 0 Å². The number of nitrogens with zero attached hydrogens (tertiary/aromatic N) is 1. The van der Waals surface area contributed by atoms with Crippen molar-refractivity contribution >= 4 is 5.91 Å². The fraction of sp³-hybridized carbons (Fsp3) is 0.562. The van der Waals surface area contributed by atoms with Crippen molar-refractivity contribution in [2.75, 3.05) is 26.3 Å². The molecule has 1 amide bonds. The zero-order chi connectivity index (χ0) is 16.4. The van der Waals surface area contributed by atoms with Crippen LogP contribution in [0.15, 0.2) is 18.2 Å². The van der Waals surface area contributed by atoms with Gasteiger partial charge in [0.05, 0.1) is 12.7 Å². The maximum Gasteiger partial charge on any atom is 0.251 e. The highest BCUT2D eigenvalue weighted by molar-refractivity contribution is 5.94. The molecule has 0 aliphatic carbocycles. The van der Waals surface area contributed by atoms with Crippen molar-refractivity contribution in [3.8, 4) is 0 Å². The van der Waals surface area contributed by atoms with Gasteiger partial charge in [-0.1, -0.05) is 0 Å². The maximum absolute atomic E-state index is 13.2. The van der Waals surface area contributed by atoms with Crippen LogP contribution in [0.4, 0.5) is 8.78 Å². The van der Waals surface area contributed by atoms with Crippen LogP contribution in [0.3, 0.4) is 0 Å². The summed E-state index contributed by atoms with van der Waals surface area (Å²) >= 11 is 0. The number of halogens is 2. The SMILES string of the molecule is O=C(N[C@H]1C[C@H]2CO[C@@H](CCO)CN2C1)c1ccc(F)c(F)c1. The van der Waals surface area contributed by atoms with E-state index in [1.165, 1.54) is 6.07 Å². The Kier molecular flexibility index (Phi) is 4.89. The molecule has 3 rings (SSSR count). The molecule has 2 saturated heterocycles. The summed E-state index contributed by atoms with van der Waals surface area (Å²) in [6, 6.07) is 3.34. The number of carbonyl (C=O) groups excluding carboxylic acids is 1. The number of nitrogens with one attached hydrogen (secondary N) is 1. The van der Waals surface area contributed by atoms with Crippen molar-refractivity contribution in [3.05, 3.63) is 35.4 Å². The molecule has 0 saturated carbocycles. The third-order valence-electron chi connectivity index (χ3n) is 4.46. The van der Waals surface area contributed by atoms with E-state index >= 15 is 0 Å². The second kappa shape index (κ2) is 6.90. The van der Waals surface area contributed by atoms with E-state index in [1.54, 1.807) is 0 Å². The molecule has 2 N–H and O–H groups in total. The largest absolute Gasteiger partial charge is 0.396 e. The summed E-state index contributed by atoms with van der Waals surface area (Å²) in [5.41, 5.74) is 0.114. The van der Waals surface area contributed by atoms with Crippen LogP contribution in [0.5, 0.6) is 0 Å². The molecular weight excluding hydrogens is 306 g/mol. The van der Waals surface area contributed by atoms with Gasteiger partial charge >= 0.3 is 0 Å². The molecule has 1 aromatic carbocycles. The number of rotatable bonds is 4. The van der Waals surface area contributed by atoms with E-state index in [1.807, 2.05) is 0 Å². The smallest absolute Gasteiger partial charge is 0.251 e. The second-order valence-corrected chi connectivity index (χ2v) is 6.11. The lowest BCUT2D eigenvalue weighted by Gasteiger charge is -2.34. The molecule has 7 heteroatoms. The first kappa shape index (κ1) is 16.3. The number of aliphatic hydroxyl groups is 1. The molecule has 126 valence electrons. The van der Waals surface area contributed by atoms with Crippen LogP contribution in [-0.2, 0) is 4.74 Å². The average Bonchev–Trinajstić information content (AvgIpc) is 2.91. The molecule has 1 aromatic rings. The first-order chi connectivity index (χ1) is 11.1. The van der Waals surface area contributed by atoms with Crippen molar-refractivity contribution in [2.45, 2.75) is 31.0 Å². The van der Waals surface area contributed by atoms with Crippen LogP contribution in [0.25, 0.3) is 0 Å². The monoisotopic (exact) mass is 326 g/mol. The van der Waals surface area contributed by atoms with Gasteiger partial charge in [0.15, 0.2) is 11.6 Å². The summed E-state index contributed by atoms with van der Waals surface area (Å²) in [6.45, 7) is 2.12. The minimum atomic E-state index is -1.03. The van der Waals surface area contributed by atoms with E-state index in [0.29, 0.717) is 19.6 Å². The predicted octanol–water partition coefficient (Wildman–Crippen LogP) is 0.919. The van der Waals surface area contributed by atoms with Gasteiger partial charge in [0.1, 0.15) is 0 Å². The van der Waals surface area contributed by atoms with Crippen LogP contribution in [0.1, 0.15) is 23.2 Å². The van der Waals surface area contributed by atoms with Gasteiger partial charge in [-0.25, -0.2) is 8.78 Å². The van der Waals surface area contributed by atoms with Crippen molar-refractivity contribution in [1.82, 2.24) is 10.2 Å². The second-order valence-electron chi connectivity index (χ2n) is 6.11. The standard InChI is InChI=1S/C16H20F2N2O3/c17-14-2-1-10(5-15(14)18)16(22)19-11-6-12-9-23-13(3-4-21)8-20(12)7-11/h1-2,5,11-13,21H,3-4,6-9H2,(H,19,22)/t11-,12-,13-/m0/s1. The molecule has 0 bridgehead atoms. The molecule has 0 radical (unpaired) electrons. The predicted molar refractivity (Wildman–Crippen MR) is 79.0 cm³/mol. The Balaban J connectivity index is 1.57. The number of amides is 1. The number of hydrogen-bond donors (Lipinski definition) is 2. The lowest BCUT2D eigenvalue weighted by atomic mass is 10.1. The minimum absolute atomic E-state index is 0.0249. The third-order valence-corrected chi connectivity index (χ3v) is 4.46. The summed E-state index contributed by atoms with van der Waals surface area (Å²) in [4.78, 5) is 14.4. The third kappa shape index (κ3) is 3.68. The van der Waals surface area contributed by atoms with Crippen LogP contribution < -0.4 is 5.32 Å². The molecule has 2 aliphatic heterocycles. The Morgan fingerprint density at radius 1 is 1.35 bits per heavy atom. The van der Waals surface area contributed by atoms with E-state index < -0.39 is 17.5 Å². The van der Waals surface area contributed by atoms with Gasteiger partial charge in [-0.15, -0.1) is 0 Å².